The zero-order valence-corrected chi connectivity index (χ0v) is 10.3. The largest absolute Gasteiger partial charge is 0.481 e. The zero-order valence-electron chi connectivity index (χ0n) is 9.37. The van der Waals surface area contributed by atoms with Crippen molar-refractivity contribution in [1.82, 2.24) is 0 Å². The quantitative estimate of drug-likeness (QED) is 0.805. The molecule has 1 aromatic carbocycles. The van der Waals surface area contributed by atoms with Crippen LogP contribution < -0.4 is 0 Å². The number of benzene rings is 1. The molecule has 5 heteroatoms. The van der Waals surface area contributed by atoms with Crippen molar-refractivity contribution in [2.24, 2.45) is 0 Å². The van der Waals surface area contributed by atoms with Gasteiger partial charge >= 0.3 is 5.97 Å². The van der Waals surface area contributed by atoms with Crippen LogP contribution in [0.3, 0.4) is 0 Å². The first-order chi connectivity index (χ1) is 7.99. The van der Waals surface area contributed by atoms with Gasteiger partial charge in [-0.15, -0.1) is 0 Å². The number of carboxylic acid groups (broad SMARTS) is 1. The van der Waals surface area contributed by atoms with Crippen molar-refractivity contribution in [1.29, 1.82) is 0 Å². The Labute approximate surface area is 99.7 Å². The Morgan fingerprint density at radius 3 is 2.29 bits per heavy atom. The molecule has 0 aliphatic heterocycles. The molecule has 17 heavy (non-hydrogen) atoms. The summed E-state index contributed by atoms with van der Waals surface area (Å²) >= 11 is 0. The van der Waals surface area contributed by atoms with Crippen molar-refractivity contribution in [2.75, 3.05) is 6.16 Å². The molecule has 0 fully saturated rings. The van der Waals surface area contributed by atoms with E-state index in [1.807, 2.05) is 24.3 Å². The number of carboxylic acids is 1. The molecule has 2 N–H and O–H groups in total. The van der Waals surface area contributed by atoms with E-state index in [1.165, 1.54) is 0 Å². The van der Waals surface area contributed by atoms with Crippen molar-refractivity contribution in [3.8, 4) is 0 Å². The molecule has 0 radical (unpaired) electrons. The predicted octanol–water partition coefficient (Wildman–Crippen LogP) is 1.90. The van der Waals surface area contributed by atoms with Gasteiger partial charge in [0.15, 0.2) is 0 Å². The fraction of sp³-hybridized carbons (Fsp3) is 0.417. The van der Waals surface area contributed by atoms with Gasteiger partial charge in [0.1, 0.15) is 0 Å². The van der Waals surface area contributed by atoms with Gasteiger partial charge in [0.2, 0.25) is 7.37 Å². The van der Waals surface area contributed by atoms with Crippen molar-refractivity contribution in [3.63, 3.8) is 0 Å². The Kier molecular flexibility index (Phi) is 3.36. The van der Waals surface area contributed by atoms with Crippen LogP contribution in [0.4, 0.5) is 0 Å². The third-order valence-electron chi connectivity index (χ3n) is 3.25. The van der Waals surface area contributed by atoms with Crippen molar-refractivity contribution >= 4 is 13.3 Å². The Morgan fingerprint density at radius 1 is 1.29 bits per heavy atom. The smallest absolute Gasteiger partial charge is 0.303 e. The lowest BCUT2D eigenvalue weighted by atomic mass is 10.1. The normalized spacial score (nSPS) is 18.6. The summed E-state index contributed by atoms with van der Waals surface area (Å²) in [5.74, 6) is -1.02. The maximum Gasteiger partial charge on any atom is 0.303 e. The van der Waals surface area contributed by atoms with Gasteiger partial charge in [-0.25, -0.2) is 0 Å². The van der Waals surface area contributed by atoms with Crippen LogP contribution in [0, 0.1) is 0 Å². The molecule has 1 aromatic rings. The fourth-order valence-electron chi connectivity index (χ4n) is 2.26. The molecule has 4 nitrogen and oxygen atoms in total. The van der Waals surface area contributed by atoms with E-state index in [-0.39, 0.29) is 18.2 Å². The minimum absolute atomic E-state index is 0.124. The summed E-state index contributed by atoms with van der Waals surface area (Å²) < 4.78 is 12.1. The highest BCUT2D eigenvalue weighted by Crippen LogP contribution is 2.51. The summed E-state index contributed by atoms with van der Waals surface area (Å²) in [5.41, 5.74) is 1.92. The summed E-state index contributed by atoms with van der Waals surface area (Å²) in [4.78, 5) is 20.4. The van der Waals surface area contributed by atoms with Gasteiger partial charge < -0.3 is 10.00 Å². The van der Waals surface area contributed by atoms with Gasteiger partial charge in [0, 0.05) is 11.8 Å². The molecular formula is C12H15O4P. The first kappa shape index (κ1) is 12.3. The van der Waals surface area contributed by atoms with E-state index in [0.717, 1.165) is 11.1 Å². The van der Waals surface area contributed by atoms with E-state index in [2.05, 4.69) is 0 Å². The van der Waals surface area contributed by atoms with Crippen LogP contribution in [0.1, 0.15) is 17.5 Å². The molecule has 0 aromatic heterocycles. The topological polar surface area (TPSA) is 74.6 Å². The number of fused-ring (bicyclic) bond motifs is 1. The van der Waals surface area contributed by atoms with Gasteiger partial charge in [-0.3, -0.25) is 9.36 Å². The van der Waals surface area contributed by atoms with Gasteiger partial charge in [-0.2, -0.15) is 0 Å². The van der Waals surface area contributed by atoms with Gasteiger partial charge in [-0.1, -0.05) is 24.3 Å². The van der Waals surface area contributed by atoms with Crippen LogP contribution in [0.2, 0.25) is 0 Å². The minimum Gasteiger partial charge on any atom is -0.481 e. The van der Waals surface area contributed by atoms with Crippen molar-refractivity contribution in [2.45, 2.75) is 24.9 Å². The summed E-state index contributed by atoms with van der Waals surface area (Å²) in [6.07, 6.45) is 0.814. The summed E-state index contributed by atoms with van der Waals surface area (Å²) in [6.45, 7) is 0. The van der Waals surface area contributed by atoms with E-state index in [1.54, 1.807) is 0 Å². The summed E-state index contributed by atoms with van der Waals surface area (Å²) in [7, 11) is -3.36. The second-order valence-electron chi connectivity index (χ2n) is 4.45. The molecule has 1 aliphatic rings. The van der Waals surface area contributed by atoms with E-state index in [9.17, 15) is 14.3 Å². The molecular weight excluding hydrogens is 239 g/mol. The molecule has 2 rings (SSSR count). The molecule has 0 amide bonds. The zero-order chi connectivity index (χ0) is 12.5. The number of hydrogen-bond donors (Lipinski definition) is 2. The van der Waals surface area contributed by atoms with E-state index >= 15 is 0 Å². The van der Waals surface area contributed by atoms with Gasteiger partial charge in [0.25, 0.3) is 0 Å². The summed E-state index contributed by atoms with van der Waals surface area (Å²) in [5, 5.41) is 8.56. The standard InChI is InChI=1S/C12H15O4P/c13-12(14)5-6-17(15,16)11-7-9-3-1-2-4-10(9)8-11/h1-4,11H,5-8H2,(H,13,14)(H,15,16). The second kappa shape index (κ2) is 4.63. The van der Waals surface area contributed by atoms with E-state index in [0.29, 0.717) is 12.8 Å². The van der Waals surface area contributed by atoms with E-state index in [4.69, 9.17) is 5.11 Å². The molecule has 1 unspecified atom stereocenters. The molecule has 1 atom stereocenters. The number of carbonyl (C=O) groups is 1. The fourth-order valence-corrected chi connectivity index (χ4v) is 4.10. The molecule has 0 spiro atoms. The number of rotatable bonds is 4. The van der Waals surface area contributed by atoms with Gasteiger partial charge in [-0.05, 0) is 24.0 Å². The third-order valence-corrected chi connectivity index (χ3v) is 5.62. The highest BCUT2D eigenvalue weighted by atomic mass is 31.2. The van der Waals surface area contributed by atoms with Crippen molar-refractivity contribution < 1.29 is 19.4 Å². The molecule has 0 saturated heterocycles. The average Bonchev–Trinajstić information content (AvgIpc) is 2.71. The Hall–Kier alpha value is -1.12. The average molecular weight is 254 g/mol. The van der Waals surface area contributed by atoms with Crippen LogP contribution in [0.5, 0.6) is 0 Å². The van der Waals surface area contributed by atoms with Crippen LogP contribution in [0.25, 0.3) is 0 Å². The van der Waals surface area contributed by atoms with Crippen LogP contribution in [-0.2, 0) is 22.2 Å². The Bertz CT molecular complexity index is 458. The molecule has 0 saturated carbocycles. The SMILES string of the molecule is O=C(O)CCP(=O)(O)C1Cc2ccccc2C1. The van der Waals surface area contributed by atoms with Crippen molar-refractivity contribution in [3.05, 3.63) is 35.4 Å². The highest BCUT2D eigenvalue weighted by Gasteiger charge is 2.35. The summed E-state index contributed by atoms with van der Waals surface area (Å²) in [6, 6.07) is 7.76. The monoisotopic (exact) mass is 254 g/mol. The lowest BCUT2D eigenvalue weighted by Gasteiger charge is -2.17. The van der Waals surface area contributed by atoms with Crippen LogP contribution >= 0.6 is 7.37 Å². The molecule has 1 aliphatic carbocycles. The molecule has 92 valence electrons. The lowest BCUT2D eigenvalue weighted by molar-refractivity contribution is -0.136. The lowest BCUT2D eigenvalue weighted by Crippen LogP contribution is -2.12. The number of hydrogen-bond acceptors (Lipinski definition) is 2. The van der Waals surface area contributed by atoms with Gasteiger partial charge in [0.05, 0.1) is 6.42 Å². The Balaban J connectivity index is 2.06. The second-order valence-corrected chi connectivity index (χ2v) is 7.14. The first-order valence-corrected chi connectivity index (χ1v) is 7.50. The van der Waals surface area contributed by atoms with Crippen LogP contribution in [0.15, 0.2) is 24.3 Å². The van der Waals surface area contributed by atoms with E-state index < -0.39 is 13.3 Å². The number of aliphatic carboxylic acids is 1. The Morgan fingerprint density at radius 2 is 1.82 bits per heavy atom. The highest BCUT2D eigenvalue weighted by molar-refractivity contribution is 7.58. The maximum absolute atomic E-state index is 12.1. The maximum atomic E-state index is 12.1. The molecule has 0 heterocycles. The molecule has 0 bridgehead atoms. The predicted molar refractivity (Wildman–Crippen MR) is 64.6 cm³/mol. The first-order valence-electron chi connectivity index (χ1n) is 5.59. The van der Waals surface area contributed by atoms with Crippen LogP contribution in [-0.4, -0.2) is 27.8 Å². The third kappa shape index (κ3) is 2.76. The minimum atomic E-state index is -3.36.